The Morgan fingerprint density at radius 3 is 1.12 bits per heavy atom. The van der Waals surface area contributed by atoms with Crippen LogP contribution in [0.1, 0.15) is 121 Å². The van der Waals surface area contributed by atoms with Gasteiger partial charge in [0.05, 0.1) is 19.3 Å². The number of hydrogen-bond acceptors (Lipinski definition) is 7. The van der Waals surface area contributed by atoms with Gasteiger partial charge in [0.2, 0.25) is 0 Å². The van der Waals surface area contributed by atoms with Crippen LogP contribution in [0.25, 0.3) is 0 Å². The van der Waals surface area contributed by atoms with Crippen LogP contribution < -0.4 is 4.74 Å². The molecule has 276 valence electrons. The Bertz CT molecular complexity index is 1790. The van der Waals surface area contributed by atoms with E-state index in [1.54, 1.807) is 0 Å². The lowest BCUT2D eigenvalue weighted by atomic mass is 9.65. The lowest BCUT2D eigenvalue weighted by Gasteiger charge is -2.43. The van der Waals surface area contributed by atoms with Crippen molar-refractivity contribution in [2.24, 2.45) is 0 Å². The summed E-state index contributed by atoms with van der Waals surface area (Å²) in [4.78, 5) is 37.5. The van der Waals surface area contributed by atoms with Crippen molar-refractivity contribution >= 4 is 55.8 Å². The molecule has 7 nitrogen and oxygen atoms in total. The molecule has 0 aromatic heterocycles. The number of hydrogen-bond donors (Lipinski definition) is 6. The molecular weight excluding hydrogens is 713 g/mol. The number of carbonyl (C=O) groups is 3. The number of benzene rings is 4. The third-order valence-corrected chi connectivity index (χ3v) is 11.1. The van der Waals surface area contributed by atoms with Crippen molar-refractivity contribution in [3.63, 3.8) is 0 Å². The second-order valence-corrected chi connectivity index (χ2v) is 16.5. The Kier molecular flexibility index (Phi) is 12.9. The average molecular weight is 761 g/mol. The molecule has 0 fully saturated rings. The highest BCUT2D eigenvalue weighted by molar-refractivity contribution is 7.81. The zero-order chi connectivity index (χ0) is 38.6. The zero-order valence-corrected chi connectivity index (χ0v) is 33.0. The minimum absolute atomic E-state index is 0.272. The zero-order valence-electron chi connectivity index (χ0n) is 30.3. The van der Waals surface area contributed by atoms with Crippen LogP contribution >= 0.6 is 37.9 Å². The topological polar surface area (TPSA) is 121 Å². The van der Waals surface area contributed by atoms with E-state index in [-0.39, 0.29) is 12.2 Å². The van der Waals surface area contributed by atoms with Gasteiger partial charge in [-0.2, -0.15) is 37.9 Å². The maximum atomic E-state index is 12.5. The van der Waals surface area contributed by atoms with Gasteiger partial charge in [0.1, 0.15) is 11.4 Å². The second-order valence-electron chi connectivity index (χ2n) is 14.6. The fraction of sp³-hybridized carbons (Fsp3) is 0.357. The number of rotatable bonds is 16. The molecule has 3 atom stereocenters. The summed E-state index contributed by atoms with van der Waals surface area (Å²) in [6, 6.07) is 28.9. The molecule has 4 aromatic rings. The Morgan fingerprint density at radius 1 is 0.519 bits per heavy atom. The highest BCUT2D eigenvalue weighted by atomic mass is 32.1. The monoisotopic (exact) mass is 760 g/mol. The van der Waals surface area contributed by atoms with Crippen molar-refractivity contribution in [2.75, 3.05) is 0 Å². The smallest absolute Gasteiger partial charge is 0.304 e. The molecule has 0 bridgehead atoms. The maximum absolute atomic E-state index is 12.5. The number of carboxylic acids is 3. The molecule has 0 aliphatic carbocycles. The Hall–Kier alpha value is -3.86. The van der Waals surface area contributed by atoms with E-state index >= 15 is 0 Å². The second kappa shape index (κ2) is 16.4. The molecule has 0 spiro atoms. The first-order chi connectivity index (χ1) is 24.3. The van der Waals surface area contributed by atoms with Crippen molar-refractivity contribution in [3.05, 3.63) is 136 Å². The molecule has 0 aliphatic heterocycles. The van der Waals surface area contributed by atoms with Crippen LogP contribution in [0.2, 0.25) is 0 Å². The molecular formula is C42H48O7S3. The molecule has 0 aliphatic rings. The van der Waals surface area contributed by atoms with E-state index < -0.39 is 62.9 Å². The van der Waals surface area contributed by atoms with E-state index in [4.69, 9.17) is 42.6 Å². The predicted octanol–water partition coefficient (Wildman–Crippen LogP) is 9.99. The molecule has 3 N–H and O–H groups in total. The number of carboxylic acid groups (broad SMARTS) is 3. The number of thiol groups is 3. The first-order valence-corrected chi connectivity index (χ1v) is 18.6. The highest BCUT2D eigenvalue weighted by Crippen LogP contribution is 2.57. The van der Waals surface area contributed by atoms with Crippen LogP contribution in [0.5, 0.6) is 5.75 Å². The summed E-state index contributed by atoms with van der Waals surface area (Å²) in [5.74, 6) is -3.01. The Balaban J connectivity index is 2.41. The maximum Gasteiger partial charge on any atom is 0.304 e. The van der Waals surface area contributed by atoms with Crippen molar-refractivity contribution in [1.82, 2.24) is 0 Å². The first-order valence-electron chi connectivity index (χ1n) is 17.1. The standard InChI is InChI=1S/C42H48O7S3/c1-40(2,25-16-10-7-11-17-25)37-34(28(50)22-31(43)44)38(41(3,4)26-18-12-8-13-19-26)36(30(52)24-33(47)48)39(35(37)29(51)23-32(45)46)49-42(5,6)27-20-14-9-15-21-27/h7-21,28-30,50-52H,22-24H2,1-6H3,(H,43,44)(H,45,46)(H,47,48). The van der Waals surface area contributed by atoms with Crippen molar-refractivity contribution in [3.8, 4) is 5.75 Å². The summed E-state index contributed by atoms with van der Waals surface area (Å²) in [6.07, 6.45) is -1.19. The quantitative estimate of drug-likeness (QED) is 0.0629. The van der Waals surface area contributed by atoms with Crippen LogP contribution in [-0.2, 0) is 30.8 Å². The van der Waals surface area contributed by atoms with Crippen LogP contribution in [0, 0.1) is 0 Å². The van der Waals surface area contributed by atoms with Gasteiger partial charge in [-0.25, -0.2) is 0 Å². The molecule has 4 rings (SSSR count). The van der Waals surface area contributed by atoms with E-state index in [2.05, 4.69) is 0 Å². The predicted molar refractivity (Wildman–Crippen MR) is 216 cm³/mol. The van der Waals surface area contributed by atoms with E-state index in [0.717, 1.165) is 16.7 Å². The summed E-state index contributed by atoms with van der Waals surface area (Å²) in [5, 5.41) is 27.8. The Morgan fingerprint density at radius 2 is 0.808 bits per heavy atom. The van der Waals surface area contributed by atoms with Gasteiger partial charge < -0.3 is 20.1 Å². The van der Waals surface area contributed by atoms with Gasteiger partial charge >= 0.3 is 17.9 Å². The number of aliphatic carboxylic acids is 3. The molecule has 3 unspecified atom stereocenters. The van der Waals surface area contributed by atoms with Gasteiger partial charge in [-0.15, -0.1) is 0 Å². The van der Waals surface area contributed by atoms with Gasteiger partial charge in [-0.3, -0.25) is 14.4 Å². The first kappa shape index (κ1) is 40.9. The van der Waals surface area contributed by atoms with Gasteiger partial charge in [0.15, 0.2) is 0 Å². The largest absolute Gasteiger partial charge is 0.482 e. The average Bonchev–Trinajstić information content (AvgIpc) is 3.07. The van der Waals surface area contributed by atoms with Crippen LogP contribution in [0.15, 0.2) is 91.0 Å². The molecule has 10 heteroatoms. The van der Waals surface area contributed by atoms with Crippen molar-refractivity contribution in [1.29, 1.82) is 0 Å². The minimum Gasteiger partial charge on any atom is -0.482 e. The molecule has 4 aromatic carbocycles. The summed E-state index contributed by atoms with van der Waals surface area (Å²) in [6.45, 7) is 11.8. The Labute approximate surface area is 323 Å². The van der Waals surface area contributed by atoms with Crippen LogP contribution in [0.4, 0.5) is 0 Å². The van der Waals surface area contributed by atoms with E-state index in [1.165, 1.54) is 0 Å². The fourth-order valence-corrected chi connectivity index (χ4v) is 8.39. The molecule has 52 heavy (non-hydrogen) atoms. The van der Waals surface area contributed by atoms with Gasteiger partial charge in [-0.1, -0.05) is 119 Å². The SMILES string of the molecule is CC(C)(Oc1c(C(S)CC(=O)O)c(C(C)(C)c2ccccc2)c(C(S)CC(=O)O)c(C(C)(C)c2ccccc2)c1C(S)CC(=O)O)c1ccccc1. The summed E-state index contributed by atoms with van der Waals surface area (Å²) in [7, 11) is 0. The van der Waals surface area contributed by atoms with Crippen molar-refractivity contribution < 1.29 is 34.4 Å². The van der Waals surface area contributed by atoms with Gasteiger partial charge in [0, 0.05) is 37.7 Å². The molecule has 0 heterocycles. The van der Waals surface area contributed by atoms with E-state index in [9.17, 15) is 29.7 Å². The molecule has 0 saturated carbocycles. The molecule has 0 radical (unpaired) electrons. The lowest BCUT2D eigenvalue weighted by Crippen LogP contribution is -2.34. The fourth-order valence-electron chi connectivity index (χ4n) is 7.17. The normalized spacial score (nSPS) is 13.9. The highest BCUT2D eigenvalue weighted by Gasteiger charge is 2.44. The van der Waals surface area contributed by atoms with E-state index in [0.29, 0.717) is 27.8 Å². The minimum atomic E-state index is -1.10. The van der Waals surface area contributed by atoms with Crippen LogP contribution in [0.3, 0.4) is 0 Å². The van der Waals surface area contributed by atoms with E-state index in [1.807, 2.05) is 133 Å². The third kappa shape index (κ3) is 8.84. The molecule has 0 amide bonds. The number of ether oxygens (including phenoxy) is 1. The van der Waals surface area contributed by atoms with Gasteiger partial charge in [0.25, 0.3) is 0 Å². The third-order valence-electron chi connectivity index (χ3n) is 9.74. The van der Waals surface area contributed by atoms with Gasteiger partial charge in [-0.05, 0) is 47.2 Å². The van der Waals surface area contributed by atoms with Crippen molar-refractivity contribution in [2.45, 2.75) is 93.0 Å². The summed E-state index contributed by atoms with van der Waals surface area (Å²) < 4.78 is 7.19. The lowest BCUT2D eigenvalue weighted by molar-refractivity contribution is -0.138. The molecule has 0 saturated heterocycles. The summed E-state index contributed by atoms with van der Waals surface area (Å²) >= 11 is 15.0. The van der Waals surface area contributed by atoms with Crippen LogP contribution in [-0.4, -0.2) is 33.2 Å². The summed E-state index contributed by atoms with van der Waals surface area (Å²) in [5.41, 5.74) is 2.40.